The van der Waals surface area contributed by atoms with Gasteiger partial charge in [-0.25, -0.2) is 0 Å². The van der Waals surface area contributed by atoms with Gasteiger partial charge in [0.15, 0.2) is 5.11 Å². The summed E-state index contributed by atoms with van der Waals surface area (Å²) in [5.74, 6) is -0.370. The lowest BCUT2D eigenvalue weighted by molar-refractivity contribution is -0.119. The second-order valence-electron chi connectivity index (χ2n) is 5.30. The average molecular weight is 426 g/mol. The van der Waals surface area contributed by atoms with E-state index in [2.05, 4.69) is 22.0 Å². The second kappa shape index (κ2) is 8.07. The minimum absolute atomic E-state index is 0.162. The lowest BCUT2D eigenvalue weighted by Crippen LogP contribution is -2.55. The fourth-order valence-electron chi connectivity index (χ4n) is 2.45. The summed E-state index contributed by atoms with van der Waals surface area (Å²) in [5.41, 5.74) is 1.71. The maximum absolute atomic E-state index is 11.2. The lowest BCUT2D eigenvalue weighted by atomic mass is 9.96. The first-order chi connectivity index (χ1) is 11.2. The number of aryl methyl sites for hydroxylation is 1. The summed E-state index contributed by atoms with van der Waals surface area (Å²) in [4.78, 5) is 12.5. The summed E-state index contributed by atoms with van der Waals surface area (Å²) in [6.45, 7) is 1.31. The van der Waals surface area contributed by atoms with Crippen molar-refractivity contribution in [2.75, 3.05) is 5.32 Å². The van der Waals surface area contributed by atoms with Crippen LogP contribution >= 0.6 is 58.4 Å². The molecule has 0 saturated heterocycles. The van der Waals surface area contributed by atoms with Gasteiger partial charge in [-0.3, -0.25) is 4.79 Å². The van der Waals surface area contributed by atoms with Gasteiger partial charge in [0.1, 0.15) is 17.2 Å². The van der Waals surface area contributed by atoms with Crippen molar-refractivity contribution in [1.82, 2.24) is 10.6 Å². The predicted octanol–water partition coefficient (Wildman–Crippen LogP) is 3.62. The molecule has 1 aliphatic carbocycles. The third-order valence-electron chi connectivity index (χ3n) is 3.46. The van der Waals surface area contributed by atoms with Crippen molar-refractivity contribution >= 4 is 74.4 Å². The Hall–Kier alpha value is -0.780. The summed E-state index contributed by atoms with van der Waals surface area (Å²) in [7, 11) is 0. The number of carbonyl (C=O) groups is 1. The van der Waals surface area contributed by atoms with Gasteiger partial charge in [0.25, 0.3) is 0 Å². The SMILES string of the molecule is CC(=O)N[C@H](NC(=S)Nc1sc2c(c1C#N)CCCC2)C(Cl)(Cl)Cl. The Kier molecular flexibility index (Phi) is 6.57. The fourth-order valence-corrected chi connectivity index (χ4v) is 4.30. The number of hydrogen-bond acceptors (Lipinski definition) is 4. The van der Waals surface area contributed by atoms with Crippen molar-refractivity contribution < 1.29 is 4.79 Å². The monoisotopic (exact) mass is 424 g/mol. The molecule has 0 unspecified atom stereocenters. The smallest absolute Gasteiger partial charge is 0.228 e. The third-order valence-corrected chi connectivity index (χ3v) is 5.54. The highest BCUT2D eigenvalue weighted by atomic mass is 35.6. The summed E-state index contributed by atoms with van der Waals surface area (Å²) < 4.78 is -1.79. The van der Waals surface area contributed by atoms with Crippen LogP contribution in [0, 0.1) is 11.3 Å². The Morgan fingerprint density at radius 3 is 2.58 bits per heavy atom. The molecular weight excluding hydrogens is 411 g/mol. The van der Waals surface area contributed by atoms with E-state index < -0.39 is 9.96 Å². The van der Waals surface area contributed by atoms with Gasteiger partial charge in [0, 0.05) is 11.8 Å². The minimum atomic E-state index is -1.79. The minimum Gasteiger partial charge on any atom is -0.339 e. The van der Waals surface area contributed by atoms with E-state index in [-0.39, 0.29) is 11.0 Å². The fraction of sp³-hybridized carbons (Fsp3) is 0.500. The van der Waals surface area contributed by atoms with Gasteiger partial charge < -0.3 is 16.0 Å². The van der Waals surface area contributed by atoms with Gasteiger partial charge in [-0.15, -0.1) is 11.3 Å². The Morgan fingerprint density at radius 2 is 2.00 bits per heavy atom. The third kappa shape index (κ3) is 4.87. The van der Waals surface area contributed by atoms with Crippen molar-refractivity contribution in [2.45, 2.75) is 42.6 Å². The average Bonchev–Trinajstić information content (AvgIpc) is 2.81. The van der Waals surface area contributed by atoms with E-state index >= 15 is 0 Å². The highest BCUT2D eigenvalue weighted by molar-refractivity contribution is 7.80. The van der Waals surface area contributed by atoms with Crippen molar-refractivity contribution in [3.8, 4) is 6.07 Å². The molecule has 0 radical (unpaired) electrons. The molecule has 0 aromatic carbocycles. The predicted molar refractivity (Wildman–Crippen MR) is 103 cm³/mol. The summed E-state index contributed by atoms with van der Waals surface area (Å²) in [5, 5.41) is 18.5. The van der Waals surface area contributed by atoms with Crippen LogP contribution in [-0.2, 0) is 17.6 Å². The maximum atomic E-state index is 11.2. The standard InChI is InChI=1S/C14H15Cl3N4OS2/c1-7(22)19-12(14(15,16)17)21-13(23)20-11-9(6-18)8-4-2-3-5-10(8)24-11/h12H,2-5H2,1H3,(H,19,22)(H2,20,21,23)/t12-/m1/s1. The second-order valence-corrected chi connectivity index (χ2v) is 9.18. The molecule has 1 amide bonds. The number of thiophene rings is 1. The van der Waals surface area contributed by atoms with Gasteiger partial charge in [0.2, 0.25) is 9.70 Å². The zero-order valence-corrected chi connectivity index (χ0v) is 16.6. The topological polar surface area (TPSA) is 77.0 Å². The summed E-state index contributed by atoms with van der Waals surface area (Å²) in [6, 6.07) is 2.24. The molecule has 0 fully saturated rings. The number of nitrogens with zero attached hydrogens (tertiary/aromatic N) is 1. The van der Waals surface area contributed by atoms with Gasteiger partial charge in [-0.2, -0.15) is 5.26 Å². The van der Waals surface area contributed by atoms with E-state index in [1.807, 2.05) is 0 Å². The zero-order valence-electron chi connectivity index (χ0n) is 12.7. The number of halogens is 3. The number of alkyl halides is 3. The molecule has 0 spiro atoms. The first-order valence-electron chi connectivity index (χ1n) is 7.18. The van der Waals surface area contributed by atoms with Gasteiger partial charge in [-0.05, 0) is 43.5 Å². The molecule has 10 heteroatoms. The van der Waals surface area contributed by atoms with Crippen LogP contribution in [0.3, 0.4) is 0 Å². The quantitative estimate of drug-likeness (QED) is 0.392. The lowest BCUT2D eigenvalue weighted by Gasteiger charge is -2.27. The van der Waals surface area contributed by atoms with E-state index in [1.165, 1.54) is 23.1 Å². The number of nitriles is 1. The van der Waals surface area contributed by atoms with Crippen LogP contribution in [0.5, 0.6) is 0 Å². The molecule has 0 aliphatic heterocycles. The van der Waals surface area contributed by atoms with Crippen molar-refractivity contribution in [1.29, 1.82) is 5.26 Å². The van der Waals surface area contributed by atoms with Crippen LogP contribution < -0.4 is 16.0 Å². The molecule has 0 saturated carbocycles. The van der Waals surface area contributed by atoms with E-state index in [0.29, 0.717) is 10.6 Å². The number of thiocarbonyl (C=S) groups is 1. The number of anilines is 1. The van der Waals surface area contributed by atoms with Gasteiger partial charge in [-0.1, -0.05) is 34.8 Å². The molecule has 0 bridgehead atoms. The van der Waals surface area contributed by atoms with Crippen molar-refractivity contribution in [3.63, 3.8) is 0 Å². The van der Waals surface area contributed by atoms with E-state index in [9.17, 15) is 10.1 Å². The van der Waals surface area contributed by atoms with E-state index in [1.54, 1.807) is 0 Å². The molecule has 1 aliphatic rings. The number of amides is 1. The molecule has 1 aromatic heterocycles. The van der Waals surface area contributed by atoms with Crippen LogP contribution in [0.4, 0.5) is 5.00 Å². The van der Waals surface area contributed by atoms with Crippen molar-refractivity contribution in [3.05, 3.63) is 16.0 Å². The van der Waals surface area contributed by atoms with Crippen LogP contribution in [0.15, 0.2) is 0 Å². The molecule has 24 heavy (non-hydrogen) atoms. The highest BCUT2D eigenvalue weighted by Crippen LogP contribution is 2.37. The Balaban J connectivity index is 2.13. The number of fused-ring (bicyclic) bond motifs is 1. The number of rotatable bonds is 3. The van der Waals surface area contributed by atoms with E-state index in [0.717, 1.165) is 31.2 Å². The van der Waals surface area contributed by atoms with Crippen LogP contribution in [-0.4, -0.2) is 21.0 Å². The molecule has 3 N–H and O–H groups in total. The summed E-state index contributed by atoms with van der Waals surface area (Å²) >= 11 is 24.3. The molecule has 5 nitrogen and oxygen atoms in total. The van der Waals surface area contributed by atoms with Crippen LogP contribution in [0.25, 0.3) is 0 Å². The Bertz CT molecular complexity index is 693. The van der Waals surface area contributed by atoms with E-state index in [4.69, 9.17) is 47.0 Å². The molecule has 1 heterocycles. The molecule has 1 aromatic rings. The van der Waals surface area contributed by atoms with Gasteiger partial charge >= 0.3 is 0 Å². The maximum Gasteiger partial charge on any atom is 0.228 e. The first-order valence-corrected chi connectivity index (χ1v) is 9.54. The number of carbonyl (C=O) groups excluding carboxylic acids is 1. The number of nitrogens with one attached hydrogen (secondary N) is 3. The molecule has 2 rings (SSSR count). The number of hydrogen-bond donors (Lipinski definition) is 3. The molecule has 130 valence electrons. The Labute approximate surface area is 164 Å². The largest absolute Gasteiger partial charge is 0.339 e. The van der Waals surface area contributed by atoms with Crippen LogP contribution in [0.2, 0.25) is 0 Å². The first kappa shape index (κ1) is 19.5. The summed E-state index contributed by atoms with van der Waals surface area (Å²) in [6.07, 6.45) is 3.08. The Morgan fingerprint density at radius 1 is 1.33 bits per heavy atom. The molecular formula is C14H15Cl3N4OS2. The van der Waals surface area contributed by atoms with Crippen LogP contribution in [0.1, 0.15) is 35.8 Å². The van der Waals surface area contributed by atoms with Gasteiger partial charge in [0.05, 0.1) is 5.56 Å². The highest BCUT2D eigenvalue weighted by Gasteiger charge is 2.34. The molecule has 1 atom stereocenters. The normalized spacial score (nSPS) is 15.0. The zero-order chi connectivity index (χ0) is 17.9. The van der Waals surface area contributed by atoms with Crippen molar-refractivity contribution in [2.24, 2.45) is 0 Å².